The Morgan fingerprint density at radius 3 is 2.72 bits per heavy atom. The van der Waals surface area contributed by atoms with Gasteiger partial charge in [-0.05, 0) is 37.4 Å². The van der Waals surface area contributed by atoms with Gasteiger partial charge in [0.2, 0.25) is 0 Å². The fourth-order valence-electron chi connectivity index (χ4n) is 1.92. The molecule has 1 rings (SSSR count). The minimum absolute atomic E-state index is 0.463. The van der Waals surface area contributed by atoms with Crippen molar-refractivity contribution >= 4 is 0 Å². The van der Waals surface area contributed by atoms with Gasteiger partial charge >= 0.3 is 0 Å². The quantitative estimate of drug-likeness (QED) is 0.731. The van der Waals surface area contributed by atoms with Gasteiger partial charge in [-0.15, -0.1) is 0 Å². The third kappa shape index (κ3) is 5.61. The highest BCUT2D eigenvalue weighted by Crippen LogP contribution is 2.06. The van der Waals surface area contributed by atoms with E-state index in [4.69, 9.17) is 4.74 Å². The normalized spacial score (nSPS) is 12.6. The molecule has 1 N–H and O–H groups in total. The summed E-state index contributed by atoms with van der Waals surface area (Å²) >= 11 is 0. The number of methoxy groups -OCH3 is 1. The second kappa shape index (κ2) is 9.06. The molecule has 0 aliphatic rings. The van der Waals surface area contributed by atoms with Gasteiger partial charge in [0.25, 0.3) is 0 Å². The van der Waals surface area contributed by atoms with Crippen molar-refractivity contribution in [2.45, 2.75) is 45.6 Å². The standard InChI is InChI=1S/C15H26N2O/c1-4-9-16-15(8-10-18-3)11-14-7-6-13(5-2)12-17-14/h6-7,12,15-16H,4-5,8-11H2,1-3H3. The summed E-state index contributed by atoms with van der Waals surface area (Å²) in [5.41, 5.74) is 2.46. The highest BCUT2D eigenvalue weighted by molar-refractivity contribution is 5.14. The van der Waals surface area contributed by atoms with Crippen LogP contribution in [0.4, 0.5) is 0 Å². The molecule has 0 aromatic carbocycles. The van der Waals surface area contributed by atoms with Crippen LogP contribution < -0.4 is 5.32 Å². The second-order valence-electron chi connectivity index (χ2n) is 4.65. The smallest absolute Gasteiger partial charge is 0.0477 e. The van der Waals surface area contributed by atoms with E-state index < -0.39 is 0 Å². The van der Waals surface area contributed by atoms with Gasteiger partial charge in [0.1, 0.15) is 0 Å². The number of aryl methyl sites for hydroxylation is 1. The predicted molar refractivity (Wildman–Crippen MR) is 75.9 cm³/mol. The molecule has 0 radical (unpaired) electrons. The SMILES string of the molecule is CCCNC(CCOC)Cc1ccc(CC)cn1. The third-order valence-electron chi connectivity index (χ3n) is 3.10. The maximum Gasteiger partial charge on any atom is 0.0477 e. The molecule has 0 bridgehead atoms. The van der Waals surface area contributed by atoms with E-state index >= 15 is 0 Å². The molecule has 0 amide bonds. The summed E-state index contributed by atoms with van der Waals surface area (Å²) in [6.07, 6.45) is 6.21. The number of pyridine rings is 1. The zero-order valence-corrected chi connectivity index (χ0v) is 11.9. The van der Waals surface area contributed by atoms with Crippen molar-refractivity contribution in [3.8, 4) is 0 Å². The topological polar surface area (TPSA) is 34.1 Å². The number of hydrogen-bond donors (Lipinski definition) is 1. The summed E-state index contributed by atoms with van der Waals surface area (Å²) in [6, 6.07) is 4.78. The van der Waals surface area contributed by atoms with E-state index in [9.17, 15) is 0 Å². The molecule has 1 aromatic heterocycles. The average Bonchev–Trinajstić information content (AvgIpc) is 2.42. The van der Waals surface area contributed by atoms with Crippen molar-refractivity contribution in [1.29, 1.82) is 0 Å². The van der Waals surface area contributed by atoms with Crippen molar-refractivity contribution in [3.63, 3.8) is 0 Å². The number of rotatable bonds is 9. The molecule has 0 saturated heterocycles. The van der Waals surface area contributed by atoms with Crippen molar-refractivity contribution in [1.82, 2.24) is 10.3 Å². The fraction of sp³-hybridized carbons (Fsp3) is 0.667. The zero-order valence-electron chi connectivity index (χ0n) is 11.9. The van der Waals surface area contributed by atoms with E-state index in [1.807, 2.05) is 6.20 Å². The monoisotopic (exact) mass is 250 g/mol. The maximum atomic E-state index is 5.17. The van der Waals surface area contributed by atoms with Crippen LogP contribution in [0.1, 0.15) is 37.9 Å². The molecule has 1 atom stereocenters. The average molecular weight is 250 g/mol. The van der Waals surface area contributed by atoms with Crippen molar-refractivity contribution < 1.29 is 4.74 Å². The molecule has 102 valence electrons. The lowest BCUT2D eigenvalue weighted by Crippen LogP contribution is -2.33. The van der Waals surface area contributed by atoms with Crippen LogP contribution in [-0.2, 0) is 17.6 Å². The van der Waals surface area contributed by atoms with Crippen molar-refractivity contribution in [2.75, 3.05) is 20.3 Å². The minimum Gasteiger partial charge on any atom is -0.385 e. The summed E-state index contributed by atoms with van der Waals surface area (Å²) in [6.45, 7) is 6.20. The third-order valence-corrected chi connectivity index (χ3v) is 3.10. The van der Waals surface area contributed by atoms with Crippen LogP contribution in [0.2, 0.25) is 0 Å². The first-order valence-electron chi connectivity index (χ1n) is 6.96. The molecule has 3 nitrogen and oxygen atoms in total. The van der Waals surface area contributed by atoms with E-state index in [1.54, 1.807) is 7.11 Å². The first kappa shape index (κ1) is 15.1. The van der Waals surface area contributed by atoms with Gasteiger partial charge in [-0.25, -0.2) is 0 Å². The Balaban J connectivity index is 2.51. The van der Waals surface area contributed by atoms with E-state index in [2.05, 4.69) is 36.3 Å². The Morgan fingerprint density at radius 1 is 1.33 bits per heavy atom. The molecule has 3 heteroatoms. The summed E-state index contributed by atoms with van der Waals surface area (Å²) in [7, 11) is 1.76. The van der Waals surface area contributed by atoms with Crippen LogP contribution in [-0.4, -0.2) is 31.3 Å². The van der Waals surface area contributed by atoms with Gasteiger partial charge in [0.05, 0.1) is 0 Å². The number of nitrogens with one attached hydrogen (secondary N) is 1. The summed E-state index contributed by atoms with van der Waals surface area (Å²) in [4.78, 5) is 4.52. The van der Waals surface area contributed by atoms with E-state index in [0.29, 0.717) is 6.04 Å². The molecule has 1 aromatic rings. The van der Waals surface area contributed by atoms with E-state index in [0.717, 1.165) is 44.5 Å². The van der Waals surface area contributed by atoms with E-state index in [1.165, 1.54) is 5.56 Å². The summed E-state index contributed by atoms with van der Waals surface area (Å²) < 4.78 is 5.17. The number of hydrogen-bond acceptors (Lipinski definition) is 3. The lowest BCUT2D eigenvalue weighted by atomic mass is 10.1. The molecular formula is C15H26N2O. The van der Waals surface area contributed by atoms with Crippen LogP contribution in [0.25, 0.3) is 0 Å². The molecule has 1 unspecified atom stereocenters. The largest absolute Gasteiger partial charge is 0.385 e. The molecular weight excluding hydrogens is 224 g/mol. The van der Waals surface area contributed by atoms with Gasteiger partial charge in [0, 0.05) is 38.1 Å². The first-order valence-corrected chi connectivity index (χ1v) is 6.96. The van der Waals surface area contributed by atoms with Crippen LogP contribution in [0, 0.1) is 0 Å². The molecule has 0 spiro atoms. The molecule has 0 aliphatic heterocycles. The number of aromatic nitrogens is 1. The van der Waals surface area contributed by atoms with Crippen LogP contribution in [0.5, 0.6) is 0 Å². The highest BCUT2D eigenvalue weighted by atomic mass is 16.5. The Hall–Kier alpha value is -0.930. The Kier molecular flexibility index (Phi) is 7.62. The van der Waals surface area contributed by atoms with Crippen molar-refractivity contribution in [3.05, 3.63) is 29.6 Å². The maximum absolute atomic E-state index is 5.17. The van der Waals surface area contributed by atoms with Crippen LogP contribution in [0.3, 0.4) is 0 Å². The van der Waals surface area contributed by atoms with Gasteiger partial charge in [0.15, 0.2) is 0 Å². The molecule has 0 fully saturated rings. The highest BCUT2D eigenvalue weighted by Gasteiger charge is 2.09. The lowest BCUT2D eigenvalue weighted by Gasteiger charge is -2.17. The minimum atomic E-state index is 0.463. The fourth-order valence-corrected chi connectivity index (χ4v) is 1.92. The van der Waals surface area contributed by atoms with Gasteiger partial charge in [-0.1, -0.05) is 19.9 Å². The Bertz CT molecular complexity index is 303. The molecule has 18 heavy (non-hydrogen) atoms. The summed E-state index contributed by atoms with van der Waals surface area (Å²) in [5.74, 6) is 0. The summed E-state index contributed by atoms with van der Waals surface area (Å²) in [5, 5.41) is 3.56. The second-order valence-corrected chi connectivity index (χ2v) is 4.65. The first-order chi connectivity index (χ1) is 8.80. The molecule has 0 saturated carbocycles. The van der Waals surface area contributed by atoms with Gasteiger partial charge < -0.3 is 10.1 Å². The lowest BCUT2D eigenvalue weighted by molar-refractivity contribution is 0.182. The zero-order chi connectivity index (χ0) is 13.2. The van der Waals surface area contributed by atoms with Crippen molar-refractivity contribution in [2.24, 2.45) is 0 Å². The Morgan fingerprint density at radius 2 is 2.17 bits per heavy atom. The molecule has 0 aliphatic carbocycles. The number of nitrogens with zero attached hydrogens (tertiary/aromatic N) is 1. The van der Waals surface area contributed by atoms with Crippen LogP contribution >= 0.6 is 0 Å². The number of ether oxygens (including phenoxy) is 1. The predicted octanol–water partition coefficient (Wildman–Crippen LogP) is 2.59. The van der Waals surface area contributed by atoms with E-state index in [-0.39, 0.29) is 0 Å². The Labute approximate surface area is 111 Å². The van der Waals surface area contributed by atoms with Crippen LogP contribution in [0.15, 0.2) is 18.3 Å². The van der Waals surface area contributed by atoms with Gasteiger partial charge in [-0.3, -0.25) is 4.98 Å². The molecule has 1 heterocycles. The van der Waals surface area contributed by atoms with Gasteiger partial charge in [-0.2, -0.15) is 0 Å².